The highest BCUT2D eigenvalue weighted by Gasteiger charge is 2.44. The van der Waals surface area contributed by atoms with E-state index in [1.54, 1.807) is 0 Å². The Labute approximate surface area is 51.5 Å². The van der Waals surface area contributed by atoms with Crippen LogP contribution in [-0.2, 0) is 0 Å². The molecule has 48 valence electrons. The smallest absolute Gasteiger partial charge is 0.000829 e. The molecule has 1 saturated carbocycles. The fraction of sp³-hybridized carbons (Fsp3) is 1.00. The molecule has 1 aliphatic heterocycles. The van der Waals surface area contributed by atoms with Crippen LogP contribution in [0, 0.1) is 5.41 Å². The first-order chi connectivity index (χ1) is 3.41. The predicted octanol–water partition coefficient (Wildman–Crippen LogP) is 1.40. The van der Waals surface area contributed by atoms with Gasteiger partial charge in [-0.25, -0.2) is 0 Å². The minimum atomic E-state index is 0. The summed E-state index contributed by atoms with van der Waals surface area (Å²) >= 11 is 0. The molecule has 0 aromatic heterocycles. The van der Waals surface area contributed by atoms with E-state index in [1.165, 1.54) is 32.4 Å². The lowest BCUT2D eigenvalue weighted by Gasteiger charge is -1.96. The zero-order valence-electron chi connectivity index (χ0n) is 4.54. The molecule has 1 N–H and O–H groups in total. The highest BCUT2D eigenvalue weighted by molar-refractivity contribution is 4.98. The van der Waals surface area contributed by atoms with E-state index in [4.69, 9.17) is 0 Å². The number of nitrogens with one attached hydrogen (secondary N) is 1. The van der Waals surface area contributed by atoms with Crippen molar-refractivity contribution < 1.29 is 0 Å². The van der Waals surface area contributed by atoms with Crippen molar-refractivity contribution in [3.63, 3.8) is 0 Å². The highest BCUT2D eigenvalue weighted by atomic mass is 14.9. The summed E-state index contributed by atoms with van der Waals surface area (Å²) in [6.07, 6.45) is 4.45. The van der Waals surface area contributed by atoms with Crippen LogP contribution in [-0.4, -0.2) is 13.1 Å². The van der Waals surface area contributed by atoms with Crippen LogP contribution in [0.3, 0.4) is 0 Å². The molecule has 1 spiro atoms. The molecule has 0 bridgehead atoms. The Hall–Kier alpha value is -0.0400. The van der Waals surface area contributed by atoms with Gasteiger partial charge in [-0.3, -0.25) is 0 Å². The van der Waals surface area contributed by atoms with E-state index in [2.05, 4.69) is 5.32 Å². The van der Waals surface area contributed by atoms with E-state index in [0.717, 1.165) is 5.41 Å². The number of hydrogen-bond donors (Lipinski definition) is 1. The van der Waals surface area contributed by atoms with Crippen LogP contribution < -0.4 is 5.32 Å². The van der Waals surface area contributed by atoms with E-state index in [-0.39, 0.29) is 7.43 Å². The van der Waals surface area contributed by atoms with Crippen molar-refractivity contribution in [2.24, 2.45) is 5.41 Å². The molecule has 0 aromatic rings. The molecule has 0 unspecified atom stereocenters. The molecule has 0 radical (unpaired) electrons. The Balaban J connectivity index is 0.000000320. The van der Waals surface area contributed by atoms with Gasteiger partial charge in [-0.05, 0) is 31.2 Å². The van der Waals surface area contributed by atoms with E-state index in [9.17, 15) is 0 Å². The summed E-state index contributed by atoms with van der Waals surface area (Å²) in [6.45, 7) is 2.59. The second-order valence-corrected chi connectivity index (χ2v) is 2.93. The summed E-state index contributed by atoms with van der Waals surface area (Å²) < 4.78 is 0. The normalized spacial score (nSPS) is 30.0. The van der Waals surface area contributed by atoms with Crippen molar-refractivity contribution in [3.8, 4) is 0 Å². The molecule has 1 aliphatic carbocycles. The third-order valence-corrected chi connectivity index (χ3v) is 2.29. The van der Waals surface area contributed by atoms with Crippen LogP contribution in [0.1, 0.15) is 26.7 Å². The van der Waals surface area contributed by atoms with Crippen molar-refractivity contribution in [1.82, 2.24) is 5.32 Å². The van der Waals surface area contributed by atoms with E-state index in [0.29, 0.717) is 0 Å². The maximum Gasteiger partial charge on any atom is 0.000829 e. The van der Waals surface area contributed by atoms with Crippen LogP contribution in [0.5, 0.6) is 0 Å². The van der Waals surface area contributed by atoms with Gasteiger partial charge in [0.2, 0.25) is 0 Å². The van der Waals surface area contributed by atoms with Crippen molar-refractivity contribution in [2.75, 3.05) is 13.1 Å². The molecule has 2 rings (SSSR count). The minimum Gasteiger partial charge on any atom is -0.316 e. The highest BCUT2D eigenvalue weighted by Crippen LogP contribution is 2.49. The predicted molar refractivity (Wildman–Crippen MR) is 35.9 cm³/mol. The summed E-state index contributed by atoms with van der Waals surface area (Å²) in [5.74, 6) is 0. The lowest BCUT2D eigenvalue weighted by Crippen LogP contribution is -2.08. The molecule has 1 saturated heterocycles. The average molecular weight is 113 g/mol. The molecular weight excluding hydrogens is 98.1 g/mol. The first kappa shape index (κ1) is 6.09. The molecule has 1 heterocycles. The Morgan fingerprint density at radius 2 is 1.88 bits per heavy atom. The van der Waals surface area contributed by atoms with Gasteiger partial charge in [0, 0.05) is 6.54 Å². The summed E-state index contributed by atoms with van der Waals surface area (Å²) in [6, 6.07) is 0. The van der Waals surface area contributed by atoms with Gasteiger partial charge in [-0.2, -0.15) is 0 Å². The zero-order valence-corrected chi connectivity index (χ0v) is 4.54. The largest absolute Gasteiger partial charge is 0.316 e. The third-order valence-electron chi connectivity index (χ3n) is 2.29. The van der Waals surface area contributed by atoms with Gasteiger partial charge in [0.15, 0.2) is 0 Å². The number of hydrogen-bond acceptors (Lipinski definition) is 1. The standard InChI is InChI=1S/C6H11N.CH4/c1-2-6(1)3-4-7-5-6;/h7H,1-5H2;1H4. The molecule has 0 amide bonds. The van der Waals surface area contributed by atoms with Gasteiger partial charge in [-0.15, -0.1) is 0 Å². The van der Waals surface area contributed by atoms with Gasteiger partial charge in [0.25, 0.3) is 0 Å². The van der Waals surface area contributed by atoms with E-state index < -0.39 is 0 Å². The molecule has 2 aliphatic rings. The Morgan fingerprint density at radius 3 is 2.12 bits per heavy atom. The van der Waals surface area contributed by atoms with Crippen molar-refractivity contribution in [1.29, 1.82) is 0 Å². The summed E-state index contributed by atoms with van der Waals surface area (Å²) in [7, 11) is 0. The maximum atomic E-state index is 3.38. The summed E-state index contributed by atoms with van der Waals surface area (Å²) in [5.41, 5.74) is 0.833. The Kier molecular flexibility index (Phi) is 1.31. The van der Waals surface area contributed by atoms with E-state index >= 15 is 0 Å². The van der Waals surface area contributed by atoms with Crippen LogP contribution in [0.2, 0.25) is 0 Å². The Bertz CT molecular complexity index is 76.4. The van der Waals surface area contributed by atoms with Gasteiger partial charge >= 0.3 is 0 Å². The van der Waals surface area contributed by atoms with Crippen molar-refractivity contribution >= 4 is 0 Å². The topological polar surface area (TPSA) is 12.0 Å². The molecular formula is C7H15N. The third kappa shape index (κ3) is 0.752. The fourth-order valence-electron chi connectivity index (χ4n) is 1.40. The molecule has 8 heavy (non-hydrogen) atoms. The summed E-state index contributed by atoms with van der Waals surface area (Å²) in [5, 5.41) is 3.38. The second kappa shape index (κ2) is 1.73. The maximum absolute atomic E-state index is 3.38. The van der Waals surface area contributed by atoms with Gasteiger partial charge in [0.05, 0.1) is 0 Å². The number of rotatable bonds is 0. The lowest BCUT2D eigenvalue weighted by molar-refractivity contribution is 0.574. The monoisotopic (exact) mass is 113 g/mol. The van der Waals surface area contributed by atoms with Crippen molar-refractivity contribution in [3.05, 3.63) is 0 Å². The Morgan fingerprint density at radius 1 is 1.12 bits per heavy atom. The van der Waals surface area contributed by atoms with Crippen LogP contribution in [0.25, 0.3) is 0 Å². The van der Waals surface area contributed by atoms with Crippen LogP contribution >= 0.6 is 0 Å². The molecule has 1 nitrogen and oxygen atoms in total. The van der Waals surface area contributed by atoms with Gasteiger partial charge < -0.3 is 5.32 Å². The van der Waals surface area contributed by atoms with Crippen LogP contribution in [0.4, 0.5) is 0 Å². The van der Waals surface area contributed by atoms with Crippen LogP contribution in [0.15, 0.2) is 0 Å². The van der Waals surface area contributed by atoms with Gasteiger partial charge in [0.1, 0.15) is 0 Å². The SMILES string of the molecule is C.C1CC2(CC2)CN1. The molecule has 1 heteroatoms. The second-order valence-electron chi connectivity index (χ2n) is 2.93. The lowest BCUT2D eigenvalue weighted by atomic mass is 10.1. The quantitative estimate of drug-likeness (QED) is 0.500. The summed E-state index contributed by atoms with van der Waals surface area (Å²) in [4.78, 5) is 0. The first-order valence-electron chi connectivity index (χ1n) is 3.12. The first-order valence-corrected chi connectivity index (χ1v) is 3.12. The minimum absolute atomic E-state index is 0. The molecule has 2 fully saturated rings. The average Bonchev–Trinajstić information content (AvgIpc) is 2.15. The fourth-order valence-corrected chi connectivity index (χ4v) is 1.40. The van der Waals surface area contributed by atoms with Crippen molar-refractivity contribution in [2.45, 2.75) is 26.7 Å². The van der Waals surface area contributed by atoms with E-state index in [1.807, 2.05) is 0 Å². The van der Waals surface area contributed by atoms with Gasteiger partial charge in [-0.1, -0.05) is 7.43 Å². The zero-order chi connectivity index (χ0) is 4.74. The molecule has 0 aromatic carbocycles. The molecule has 0 atom stereocenters.